The van der Waals surface area contributed by atoms with Crippen LogP contribution in [0.1, 0.15) is 38.8 Å². The highest BCUT2D eigenvalue weighted by Crippen LogP contribution is 2.26. The maximum Gasteiger partial charge on any atom is 0.262 e. The second-order valence-corrected chi connectivity index (χ2v) is 9.90. The molecule has 0 saturated heterocycles. The highest BCUT2D eigenvalue weighted by Gasteiger charge is 2.26. The minimum Gasteiger partial charge on any atom is -0.390 e. The Balaban J connectivity index is 1.53. The normalized spacial score (nSPS) is 13.0. The molecule has 0 bridgehead atoms. The number of carbonyl (C=O) groups excluding carboxylic acids is 1. The Morgan fingerprint density at radius 1 is 1.14 bits per heavy atom. The molecule has 0 aliphatic heterocycles. The van der Waals surface area contributed by atoms with Crippen LogP contribution in [-0.2, 0) is 19.4 Å². The number of aryl methyl sites for hydroxylation is 2. The molecule has 0 fully saturated rings. The monoisotopic (exact) mass is 526 g/mol. The van der Waals surface area contributed by atoms with Gasteiger partial charge in [0.2, 0.25) is 0 Å². The van der Waals surface area contributed by atoms with Gasteiger partial charge in [-0.3, -0.25) is 9.59 Å². The first kappa shape index (κ1) is 26.6. The van der Waals surface area contributed by atoms with Crippen molar-refractivity contribution in [2.75, 3.05) is 6.54 Å². The number of hydrogen-bond acceptors (Lipinski definition) is 6. The van der Waals surface area contributed by atoms with Crippen LogP contribution in [0.3, 0.4) is 0 Å². The summed E-state index contributed by atoms with van der Waals surface area (Å²) in [4.78, 5) is 32.8. The first-order valence-electron chi connectivity index (χ1n) is 11.9. The molecule has 0 aliphatic carbocycles. The second-order valence-electron chi connectivity index (χ2n) is 8.90. The van der Waals surface area contributed by atoms with E-state index in [4.69, 9.17) is 0 Å². The molecule has 1 amide bonds. The number of aromatic nitrogens is 2. The van der Waals surface area contributed by atoms with Gasteiger partial charge in [-0.2, -0.15) is 0 Å². The number of aliphatic hydroxyl groups is 1. The Hall–Kier alpha value is -3.47. The van der Waals surface area contributed by atoms with Gasteiger partial charge >= 0.3 is 0 Å². The van der Waals surface area contributed by atoms with Crippen LogP contribution in [0.4, 0.5) is 8.78 Å². The molecule has 4 rings (SSSR count). The third kappa shape index (κ3) is 6.46. The summed E-state index contributed by atoms with van der Waals surface area (Å²) in [6.45, 7) is 4.36. The quantitative estimate of drug-likeness (QED) is 0.253. The Bertz CT molecular complexity index is 1450. The first-order valence-corrected chi connectivity index (χ1v) is 12.8. The summed E-state index contributed by atoms with van der Waals surface area (Å²) in [5.41, 5.74) is 2.68. The lowest BCUT2D eigenvalue weighted by Gasteiger charge is -2.25. The molecule has 0 spiro atoms. The van der Waals surface area contributed by atoms with Crippen LogP contribution in [0.2, 0.25) is 0 Å². The van der Waals surface area contributed by atoms with E-state index < -0.39 is 29.7 Å². The smallest absolute Gasteiger partial charge is 0.262 e. The molecule has 0 saturated carbocycles. The lowest BCUT2D eigenvalue weighted by molar-refractivity contribution is 0.0833. The predicted molar refractivity (Wildman–Crippen MR) is 140 cm³/mol. The van der Waals surface area contributed by atoms with E-state index in [1.807, 2.05) is 18.2 Å². The number of rotatable bonds is 10. The summed E-state index contributed by atoms with van der Waals surface area (Å²) in [5, 5.41) is 17.3. The van der Waals surface area contributed by atoms with Crippen molar-refractivity contribution in [1.29, 1.82) is 0 Å². The van der Waals surface area contributed by atoms with E-state index in [-0.39, 0.29) is 23.4 Å². The lowest BCUT2D eigenvalue weighted by Crippen LogP contribution is -2.48. The fourth-order valence-electron chi connectivity index (χ4n) is 4.26. The number of thiophene rings is 1. The van der Waals surface area contributed by atoms with Crippen LogP contribution in [0.25, 0.3) is 10.2 Å². The number of nitrogens with zero attached hydrogens (tertiary/aromatic N) is 1. The Kier molecular flexibility index (Phi) is 8.42. The molecule has 2 atom stereocenters. The van der Waals surface area contributed by atoms with Gasteiger partial charge in [-0.25, -0.2) is 13.8 Å². The summed E-state index contributed by atoms with van der Waals surface area (Å²) < 4.78 is 27.7. The number of benzene rings is 2. The van der Waals surface area contributed by atoms with Gasteiger partial charge in [0.15, 0.2) is 0 Å². The number of fused-ring (bicyclic) bond motifs is 1. The lowest BCUT2D eigenvalue weighted by atomic mass is 10.00. The average Bonchev–Trinajstić information content (AvgIpc) is 3.20. The average molecular weight is 527 g/mol. The molecule has 0 unspecified atom stereocenters. The van der Waals surface area contributed by atoms with Crippen LogP contribution in [0.5, 0.6) is 0 Å². The summed E-state index contributed by atoms with van der Waals surface area (Å²) in [6, 6.07) is 10.3. The maximum absolute atomic E-state index is 13.8. The van der Waals surface area contributed by atoms with Gasteiger partial charge in [0, 0.05) is 19.2 Å². The van der Waals surface area contributed by atoms with Gasteiger partial charge in [-0.05, 0) is 54.2 Å². The second kappa shape index (κ2) is 11.7. The molecule has 4 aromatic rings. The molecular weight excluding hydrogens is 498 g/mol. The van der Waals surface area contributed by atoms with Crippen LogP contribution in [-0.4, -0.2) is 39.7 Å². The maximum atomic E-state index is 13.8. The van der Waals surface area contributed by atoms with E-state index in [1.54, 1.807) is 6.92 Å². The Morgan fingerprint density at radius 3 is 2.57 bits per heavy atom. The van der Waals surface area contributed by atoms with E-state index >= 15 is 0 Å². The summed E-state index contributed by atoms with van der Waals surface area (Å²) in [6.07, 6.45) is 1.11. The predicted octanol–water partition coefficient (Wildman–Crippen LogP) is 3.63. The van der Waals surface area contributed by atoms with Crippen molar-refractivity contribution in [3.8, 4) is 0 Å². The van der Waals surface area contributed by atoms with Crippen LogP contribution in [0, 0.1) is 18.6 Å². The van der Waals surface area contributed by atoms with Crippen molar-refractivity contribution in [3.63, 3.8) is 0 Å². The van der Waals surface area contributed by atoms with Crippen molar-refractivity contribution in [2.45, 2.75) is 45.4 Å². The topological polar surface area (TPSA) is 107 Å². The number of carbonyl (C=O) groups is 1. The molecule has 10 heteroatoms. The summed E-state index contributed by atoms with van der Waals surface area (Å²) >= 11 is 1.07. The fourth-order valence-corrected chi connectivity index (χ4v) is 5.31. The molecule has 194 valence electrons. The molecule has 37 heavy (non-hydrogen) atoms. The number of H-pyrrole nitrogens is 1. The number of aliphatic hydroxyl groups excluding tert-OH is 1. The molecule has 7 nitrogen and oxygen atoms in total. The Labute approximate surface area is 216 Å². The van der Waals surface area contributed by atoms with E-state index in [2.05, 4.69) is 33.6 Å². The molecule has 0 radical (unpaired) electrons. The van der Waals surface area contributed by atoms with Crippen LogP contribution in [0.15, 0.2) is 53.6 Å². The van der Waals surface area contributed by atoms with Crippen molar-refractivity contribution >= 4 is 27.5 Å². The van der Waals surface area contributed by atoms with E-state index in [9.17, 15) is 23.5 Å². The molecule has 2 aromatic heterocycles. The minimum atomic E-state index is -1.07. The molecule has 4 N–H and O–H groups in total. The fraction of sp³-hybridized carbons (Fsp3) is 0.296. The first-order chi connectivity index (χ1) is 17.7. The van der Waals surface area contributed by atoms with Gasteiger partial charge in [0.05, 0.1) is 28.7 Å². The van der Waals surface area contributed by atoms with Crippen LogP contribution < -0.4 is 16.2 Å². The molecule has 0 aliphatic rings. The third-order valence-corrected chi connectivity index (χ3v) is 7.38. The Morgan fingerprint density at radius 2 is 1.86 bits per heavy atom. The van der Waals surface area contributed by atoms with Gasteiger partial charge in [-0.1, -0.05) is 31.2 Å². The highest BCUT2D eigenvalue weighted by atomic mass is 32.1. The van der Waals surface area contributed by atoms with E-state index in [0.717, 1.165) is 29.4 Å². The van der Waals surface area contributed by atoms with E-state index in [0.29, 0.717) is 27.9 Å². The zero-order chi connectivity index (χ0) is 26.5. The number of amides is 1. The highest BCUT2D eigenvalue weighted by molar-refractivity contribution is 7.20. The van der Waals surface area contributed by atoms with Gasteiger partial charge in [0.25, 0.3) is 11.5 Å². The largest absolute Gasteiger partial charge is 0.390 e. The summed E-state index contributed by atoms with van der Waals surface area (Å²) in [5.74, 6) is -1.99. The van der Waals surface area contributed by atoms with Crippen molar-refractivity contribution in [2.24, 2.45) is 0 Å². The van der Waals surface area contributed by atoms with Crippen LogP contribution >= 0.6 is 11.3 Å². The number of halogens is 2. The SMILES string of the molecule is CCc1cccc(CNC[C@@H](O)[C@H](Cc2cc(F)cc(F)c2)NC(=O)c2sc3nc[nH]c(=O)c3c2C)c1. The number of nitrogens with one attached hydrogen (secondary N) is 3. The minimum absolute atomic E-state index is 0.00262. The van der Waals surface area contributed by atoms with Gasteiger partial charge in [-0.15, -0.1) is 11.3 Å². The van der Waals surface area contributed by atoms with Crippen molar-refractivity contribution < 1.29 is 18.7 Å². The third-order valence-electron chi connectivity index (χ3n) is 6.18. The molecule has 2 aromatic carbocycles. The number of aromatic amines is 1. The van der Waals surface area contributed by atoms with Crippen molar-refractivity contribution in [3.05, 3.63) is 97.9 Å². The zero-order valence-corrected chi connectivity index (χ0v) is 21.3. The molecule has 2 heterocycles. The van der Waals surface area contributed by atoms with Gasteiger partial charge in [0.1, 0.15) is 16.5 Å². The van der Waals surface area contributed by atoms with Gasteiger partial charge < -0.3 is 20.7 Å². The standard InChI is InChI=1S/C27H28F2N4O3S/c1-3-16-5-4-6-17(7-16)12-30-13-22(34)21(10-18-8-19(28)11-20(29)9-18)33-26(36)24-15(2)23-25(35)31-14-32-27(23)37-24/h4-9,11,14,21-22,30,34H,3,10,12-13H2,1-2H3,(H,33,36)(H,31,32,35)/t21-,22+/m0/s1. The molecular formula is C27H28F2N4O3S. The number of hydrogen-bond donors (Lipinski definition) is 4. The zero-order valence-electron chi connectivity index (χ0n) is 20.5. The van der Waals surface area contributed by atoms with E-state index in [1.165, 1.54) is 24.0 Å². The van der Waals surface area contributed by atoms with Crippen molar-refractivity contribution in [1.82, 2.24) is 20.6 Å². The summed E-state index contributed by atoms with van der Waals surface area (Å²) in [7, 11) is 0.